The van der Waals surface area contributed by atoms with Crippen molar-refractivity contribution in [2.75, 3.05) is 5.32 Å². The van der Waals surface area contributed by atoms with Crippen LogP contribution >= 0.6 is 0 Å². The monoisotopic (exact) mass is 201 g/mol. The van der Waals surface area contributed by atoms with Gasteiger partial charge in [-0.25, -0.2) is 4.98 Å². The van der Waals surface area contributed by atoms with Crippen molar-refractivity contribution in [1.29, 1.82) is 0 Å². The zero-order valence-corrected chi connectivity index (χ0v) is 8.60. The van der Waals surface area contributed by atoms with Crippen LogP contribution in [0.5, 0.6) is 0 Å². The van der Waals surface area contributed by atoms with E-state index < -0.39 is 5.54 Å². The topological polar surface area (TPSA) is 55.1 Å². The number of nitrogens with zero attached hydrogens (tertiary/aromatic N) is 4. The van der Waals surface area contributed by atoms with Crippen molar-refractivity contribution in [2.24, 2.45) is 0 Å². The third kappa shape index (κ3) is 1.74. The summed E-state index contributed by atoms with van der Waals surface area (Å²) in [4.78, 5) is 4.18. The van der Waals surface area contributed by atoms with Gasteiger partial charge in [0.05, 0.1) is 5.54 Å². The molecule has 0 radical (unpaired) electrons. The van der Waals surface area contributed by atoms with Crippen LogP contribution in [-0.2, 0) is 0 Å². The SMILES string of the molecule is C#CC(C)(C)Nc1nccn2cnnc12. The second kappa shape index (κ2) is 3.24. The van der Waals surface area contributed by atoms with E-state index in [0.29, 0.717) is 11.5 Å². The summed E-state index contributed by atoms with van der Waals surface area (Å²) < 4.78 is 1.78. The van der Waals surface area contributed by atoms with Gasteiger partial charge in [0.1, 0.15) is 6.33 Å². The number of fused-ring (bicyclic) bond motifs is 1. The van der Waals surface area contributed by atoms with Gasteiger partial charge in [-0.1, -0.05) is 5.92 Å². The summed E-state index contributed by atoms with van der Waals surface area (Å²) in [6.07, 6.45) is 10.5. The molecule has 0 spiro atoms. The van der Waals surface area contributed by atoms with Crippen LogP contribution in [0.15, 0.2) is 18.7 Å². The van der Waals surface area contributed by atoms with Gasteiger partial charge >= 0.3 is 0 Å². The molecule has 0 unspecified atom stereocenters. The number of anilines is 1. The normalized spacial score (nSPS) is 11.3. The van der Waals surface area contributed by atoms with Gasteiger partial charge in [0, 0.05) is 12.4 Å². The molecule has 2 rings (SSSR count). The second-order valence-electron chi connectivity index (χ2n) is 3.73. The van der Waals surface area contributed by atoms with E-state index in [1.54, 1.807) is 23.1 Å². The first-order chi connectivity index (χ1) is 7.12. The molecule has 0 fully saturated rings. The largest absolute Gasteiger partial charge is 0.351 e. The molecule has 2 aromatic rings. The highest BCUT2D eigenvalue weighted by molar-refractivity contribution is 5.63. The van der Waals surface area contributed by atoms with E-state index >= 15 is 0 Å². The molecule has 0 aliphatic rings. The van der Waals surface area contributed by atoms with Crippen LogP contribution in [0.3, 0.4) is 0 Å². The number of aromatic nitrogens is 4. The van der Waals surface area contributed by atoms with Gasteiger partial charge in [-0.3, -0.25) is 4.40 Å². The van der Waals surface area contributed by atoms with Crippen molar-refractivity contribution < 1.29 is 0 Å². The standard InChI is InChI=1S/C10H11N5/c1-4-10(2,3)13-8-9-14-12-7-15(9)6-5-11-8/h1,5-7H,2-3H3,(H,11,13). The number of terminal acetylenes is 1. The quantitative estimate of drug-likeness (QED) is 0.735. The zero-order chi connectivity index (χ0) is 10.9. The molecule has 15 heavy (non-hydrogen) atoms. The lowest BCUT2D eigenvalue weighted by molar-refractivity contribution is 0.735. The van der Waals surface area contributed by atoms with Crippen molar-refractivity contribution in [1.82, 2.24) is 19.6 Å². The lowest BCUT2D eigenvalue weighted by Gasteiger charge is -2.19. The van der Waals surface area contributed by atoms with E-state index in [2.05, 4.69) is 26.4 Å². The Morgan fingerprint density at radius 1 is 1.53 bits per heavy atom. The molecule has 0 aliphatic heterocycles. The van der Waals surface area contributed by atoms with Crippen LogP contribution in [0.25, 0.3) is 5.65 Å². The minimum Gasteiger partial charge on any atom is -0.351 e. The predicted octanol–water partition coefficient (Wildman–Crippen LogP) is 0.948. The molecule has 0 aliphatic carbocycles. The van der Waals surface area contributed by atoms with Crippen molar-refractivity contribution in [3.05, 3.63) is 18.7 Å². The maximum absolute atomic E-state index is 5.39. The van der Waals surface area contributed by atoms with Crippen LogP contribution in [0.4, 0.5) is 5.82 Å². The van der Waals surface area contributed by atoms with Crippen molar-refractivity contribution in [3.8, 4) is 12.3 Å². The minimum absolute atomic E-state index is 0.458. The summed E-state index contributed by atoms with van der Waals surface area (Å²) in [5.41, 5.74) is 0.210. The fraction of sp³-hybridized carbons (Fsp3) is 0.300. The molecule has 0 aromatic carbocycles. The van der Waals surface area contributed by atoms with Gasteiger partial charge in [-0.05, 0) is 13.8 Å². The Hall–Kier alpha value is -2.09. The summed E-state index contributed by atoms with van der Waals surface area (Å²) in [7, 11) is 0. The first kappa shape index (κ1) is 9.46. The molecule has 2 aromatic heterocycles. The summed E-state index contributed by atoms with van der Waals surface area (Å²) in [6.45, 7) is 3.79. The highest BCUT2D eigenvalue weighted by atomic mass is 15.2. The summed E-state index contributed by atoms with van der Waals surface area (Å²) >= 11 is 0. The van der Waals surface area contributed by atoms with E-state index in [1.807, 2.05) is 13.8 Å². The third-order valence-electron chi connectivity index (χ3n) is 2.01. The maximum Gasteiger partial charge on any atom is 0.203 e. The highest BCUT2D eigenvalue weighted by Gasteiger charge is 2.16. The van der Waals surface area contributed by atoms with E-state index in [1.165, 1.54) is 0 Å². The zero-order valence-electron chi connectivity index (χ0n) is 8.60. The van der Waals surface area contributed by atoms with Gasteiger partial charge in [0.15, 0.2) is 5.82 Å². The molecule has 0 saturated heterocycles. The molecule has 5 nitrogen and oxygen atoms in total. The van der Waals surface area contributed by atoms with Gasteiger partial charge in [-0.15, -0.1) is 16.6 Å². The van der Waals surface area contributed by atoms with E-state index in [9.17, 15) is 0 Å². The third-order valence-corrected chi connectivity index (χ3v) is 2.01. The predicted molar refractivity (Wildman–Crippen MR) is 57.3 cm³/mol. The molecule has 76 valence electrons. The van der Waals surface area contributed by atoms with Crippen molar-refractivity contribution in [2.45, 2.75) is 19.4 Å². The smallest absolute Gasteiger partial charge is 0.203 e. The Kier molecular flexibility index (Phi) is 2.05. The van der Waals surface area contributed by atoms with Gasteiger partial charge in [0.25, 0.3) is 0 Å². The van der Waals surface area contributed by atoms with Crippen LogP contribution in [-0.4, -0.2) is 25.1 Å². The van der Waals surface area contributed by atoms with E-state index in [-0.39, 0.29) is 0 Å². The summed E-state index contributed by atoms with van der Waals surface area (Å²) in [5, 5.41) is 10.9. The summed E-state index contributed by atoms with van der Waals surface area (Å²) in [6, 6.07) is 0. The first-order valence-corrected chi connectivity index (χ1v) is 4.53. The number of nitrogens with one attached hydrogen (secondary N) is 1. The minimum atomic E-state index is -0.458. The Labute approximate surface area is 87.6 Å². The molecule has 0 atom stereocenters. The average molecular weight is 201 g/mol. The summed E-state index contributed by atoms with van der Waals surface area (Å²) in [5.74, 6) is 3.28. The maximum atomic E-state index is 5.39. The van der Waals surface area contributed by atoms with Gasteiger partial charge < -0.3 is 5.32 Å². The molecule has 0 saturated carbocycles. The molecule has 5 heteroatoms. The lowest BCUT2D eigenvalue weighted by Crippen LogP contribution is -2.29. The number of hydrogen-bond acceptors (Lipinski definition) is 4. The Morgan fingerprint density at radius 3 is 3.07 bits per heavy atom. The Balaban J connectivity index is 2.45. The molecule has 0 bridgehead atoms. The van der Waals surface area contributed by atoms with Crippen LogP contribution < -0.4 is 5.32 Å². The molecular formula is C10H11N5. The Morgan fingerprint density at radius 2 is 2.33 bits per heavy atom. The number of rotatable bonds is 2. The molecule has 2 heterocycles. The average Bonchev–Trinajstić information content (AvgIpc) is 2.66. The van der Waals surface area contributed by atoms with Crippen molar-refractivity contribution >= 4 is 11.5 Å². The Bertz CT molecular complexity index is 520. The van der Waals surface area contributed by atoms with E-state index in [0.717, 1.165) is 0 Å². The molecule has 1 N–H and O–H groups in total. The number of hydrogen-bond donors (Lipinski definition) is 1. The fourth-order valence-electron chi connectivity index (χ4n) is 1.18. The van der Waals surface area contributed by atoms with Crippen LogP contribution in [0, 0.1) is 12.3 Å². The van der Waals surface area contributed by atoms with Crippen LogP contribution in [0.2, 0.25) is 0 Å². The van der Waals surface area contributed by atoms with Gasteiger partial charge in [-0.2, -0.15) is 0 Å². The van der Waals surface area contributed by atoms with Crippen molar-refractivity contribution in [3.63, 3.8) is 0 Å². The first-order valence-electron chi connectivity index (χ1n) is 4.53. The second-order valence-corrected chi connectivity index (χ2v) is 3.73. The van der Waals surface area contributed by atoms with Crippen LogP contribution in [0.1, 0.15) is 13.8 Å². The highest BCUT2D eigenvalue weighted by Crippen LogP contribution is 2.15. The van der Waals surface area contributed by atoms with E-state index in [4.69, 9.17) is 6.42 Å². The van der Waals surface area contributed by atoms with Gasteiger partial charge in [0.2, 0.25) is 5.65 Å². The molecular weight excluding hydrogens is 190 g/mol. The fourth-order valence-corrected chi connectivity index (χ4v) is 1.18. The molecule has 0 amide bonds. The lowest BCUT2D eigenvalue weighted by atomic mass is 10.1.